The second-order valence-corrected chi connectivity index (χ2v) is 5.18. The first-order valence-corrected chi connectivity index (χ1v) is 7.58. The lowest BCUT2D eigenvalue weighted by Gasteiger charge is -2.17. The number of carbonyl (C=O) groups excluding carboxylic acids is 2. The van der Waals surface area contributed by atoms with Gasteiger partial charge in [-0.25, -0.2) is 0 Å². The van der Waals surface area contributed by atoms with Gasteiger partial charge in [0, 0.05) is 18.7 Å². The molecule has 1 aromatic rings. The van der Waals surface area contributed by atoms with Crippen LogP contribution >= 0.6 is 0 Å². The zero-order valence-corrected chi connectivity index (χ0v) is 13.2. The van der Waals surface area contributed by atoms with Crippen molar-refractivity contribution in [3.8, 4) is 0 Å². The molecule has 0 bridgehead atoms. The fraction of sp³-hybridized carbons (Fsp3) is 0.412. The van der Waals surface area contributed by atoms with Crippen LogP contribution in [0.2, 0.25) is 0 Å². The van der Waals surface area contributed by atoms with E-state index in [9.17, 15) is 9.59 Å². The monoisotopic (exact) mass is 303 g/mol. The van der Waals surface area contributed by atoms with Crippen molar-refractivity contribution in [1.82, 2.24) is 10.6 Å². The molecular formula is C17H25N3O2. The summed E-state index contributed by atoms with van der Waals surface area (Å²) >= 11 is 0. The summed E-state index contributed by atoms with van der Waals surface area (Å²) < 4.78 is 0. The van der Waals surface area contributed by atoms with Gasteiger partial charge in [-0.2, -0.15) is 0 Å². The standard InChI is InChI=1S/C17H25N3O2/c1-3-19-16(21)12-11-15(20-17(22)13(2)18)10-9-14-7-5-4-6-8-14/h4-8,11-13,15H,3,9-10,18H2,1-2H3,(H,19,21)(H,20,22)/t13-,15-/m0/s1. The minimum absolute atomic E-state index is 0.165. The fourth-order valence-corrected chi connectivity index (χ4v) is 1.93. The largest absolute Gasteiger partial charge is 0.353 e. The first-order chi connectivity index (χ1) is 10.5. The van der Waals surface area contributed by atoms with Gasteiger partial charge < -0.3 is 16.4 Å². The third-order valence-electron chi connectivity index (χ3n) is 3.16. The quantitative estimate of drug-likeness (QED) is 0.630. The van der Waals surface area contributed by atoms with Gasteiger partial charge in [0.25, 0.3) is 0 Å². The average molecular weight is 303 g/mol. The van der Waals surface area contributed by atoms with Crippen molar-refractivity contribution in [3.05, 3.63) is 48.0 Å². The fourth-order valence-electron chi connectivity index (χ4n) is 1.93. The van der Waals surface area contributed by atoms with E-state index in [2.05, 4.69) is 10.6 Å². The highest BCUT2D eigenvalue weighted by Gasteiger charge is 2.13. The lowest BCUT2D eigenvalue weighted by Crippen LogP contribution is -2.43. The zero-order valence-electron chi connectivity index (χ0n) is 13.2. The van der Waals surface area contributed by atoms with E-state index in [-0.39, 0.29) is 17.9 Å². The molecule has 22 heavy (non-hydrogen) atoms. The van der Waals surface area contributed by atoms with Crippen molar-refractivity contribution >= 4 is 11.8 Å². The zero-order chi connectivity index (χ0) is 16.4. The van der Waals surface area contributed by atoms with Crippen molar-refractivity contribution in [2.75, 3.05) is 6.54 Å². The molecule has 0 aliphatic heterocycles. The summed E-state index contributed by atoms with van der Waals surface area (Å²) in [6, 6.07) is 9.22. The van der Waals surface area contributed by atoms with Crippen molar-refractivity contribution in [2.45, 2.75) is 38.8 Å². The number of hydrogen-bond acceptors (Lipinski definition) is 3. The van der Waals surface area contributed by atoms with Crippen LogP contribution in [0.25, 0.3) is 0 Å². The third-order valence-corrected chi connectivity index (χ3v) is 3.16. The maximum atomic E-state index is 11.8. The molecule has 4 N–H and O–H groups in total. The van der Waals surface area contributed by atoms with Gasteiger partial charge in [-0.3, -0.25) is 9.59 Å². The van der Waals surface area contributed by atoms with Crippen LogP contribution in [0.5, 0.6) is 0 Å². The van der Waals surface area contributed by atoms with Crippen molar-refractivity contribution in [3.63, 3.8) is 0 Å². The number of amides is 2. The van der Waals surface area contributed by atoms with Gasteiger partial charge in [-0.05, 0) is 32.3 Å². The lowest BCUT2D eigenvalue weighted by molar-refractivity contribution is -0.122. The molecule has 0 aliphatic rings. The van der Waals surface area contributed by atoms with Gasteiger partial charge in [-0.1, -0.05) is 36.4 Å². The number of rotatable bonds is 8. The maximum Gasteiger partial charge on any atom is 0.243 e. The summed E-state index contributed by atoms with van der Waals surface area (Å²) in [7, 11) is 0. The molecule has 0 saturated heterocycles. The van der Waals surface area contributed by atoms with E-state index >= 15 is 0 Å². The van der Waals surface area contributed by atoms with E-state index in [1.54, 1.807) is 13.0 Å². The molecule has 2 amide bonds. The molecule has 1 aromatic carbocycles. The molecule has 0 fully saturated rings. The Balaban J connectivity index is 2.64. The van der Waals surface area contributed by atoms with Crippen LogP contribution < -0.4 is 16.4 Å². The van der Waals surface area contributed by atoms with Crippen LogP contribution in [0.15, 0.2) is 42.5 Å². The van der Waals surface area contributed by atoms with Gasteiger partial charge in [0.15, 0.2) is 0 Å². The van der Waals surface area contributed by atoms with Crippen molar-refractivity contribution in [2.24, 2.45) is 5.73 Å². The minimum atomic E-state index is -0.572. The molecule has 0 saturated carbocycles. The van der Waals surface area contributed by atoms with Crippen LogP contribution in [0.3, 0.4) is 0 Å². The van der Waals surface area contributed by atoms with Crippen molar-refractivity contribution in [1.29, 1.82) is 0 Å². The number of nitrogens with one attached hydrogen (secondary N) is 2. The SMILES string of the molecule is CCNC(=O)C=C[C@H](CCc1ccccc1)NC(=O)[C@H](C)N. The Kier molecular flexibility index (Phi) is 7.92. The predicted octanol–water partition coefficient (Wildman–Crippen LogP) is 1.14. The molecule has 2 atom stereocenters. The Labute approximate surface area is 132 Å². The third kappa shape index (κ3) is 7.04. The summed E-state index contributed by atoms with van der Waals surface area (Å²) in [5.74, 6) is -0.388. The van der Waals surface area contributed by atoms with Crippen LogP contribution in [0, 0.1) is 0 Å². The van der Waals surface area contributed by atoms with E-state index in [1.165, 1.54) is 11.6 Å². The number of likely N-dealkylation sites (N-methyl/N-ethyl adjacent to an activating group) is 1. The number of carbonyl (C=O) groups is 2. The molecule has 5 heteroatoms. The van der Waals surface area contributed by atoms with E-state index < -0.39 is 6.04 Å². The molecule has 5 nitrogen and oxygen atoms in total. The van der Waals surface area contributed by atoms with Gasteiger partial charge in [0.05, 0.1) is 6.04 Å². The molecule has 0 radical (unpaired) electrons. The predicted molar refractivity (Wildman–Crippen MR) is 88.2 cm³/mol. The van der Waals surface area contributed by atoms with E-state index in [0.717, 1.165) is 6.42 Å². The minimum Gasteiger partial charge on any atom is -0.353 e. The van der Waals surface area contributed by atoms with Gasteiger partial charge in [-0.15, -0.1) is 0 Å². The maximum absolute atomic E-state index is 11.8. The highest BCUT2D eigenvalue weighted by molar-refractivity contribution is 5.87. The molecule has 0 aromatic heterocycles. The Morgan fingerprint density at radius 3 is 2.55 bits per heavy atom. The molecule has 0 spiro atoms. The van der Waals surface area contributed by atoms with Crippen LogP contribution in [0.4, 0.5) is 0 Å². The summed E-state index contributed by atoms with van der Waals surface area (Å²) in [6.07, 6.45) is 4.69. The molecule has 120 valence electrons. The molecule has 0 aliphatic carbocycles. The Morgan fingerprint density at radius 1 is 1.27 bits per heavy atom. The van der Waals surface area contributed by atoms with Crippen LogP contribution in [-0.2, 0) is 16.0 Å². The van der Waals surface area contributed by atoms with E-state index in [0.29, 0.717) is 13.0 Å². The molecule has 0 unspecified atom stereocenters. The normalized spacial score (nSPS) is 13.6. The average Bonchev–Trinajstić information content (AvgIpc) is 2.51. The van der Waals surface area contributed by atoms with Crippen molar-refractivity contribution < 1.29 is 9.59 Å². The van der Waals surface area contributed by atoms with Crippen LogP contribution in [-0.4, -0.2) is 30.4 Å². The smallest absolute Gasteiger partial charge is 0.243 e. The number of benzene rings is 1. The number of hydrogen-bond donors (Lipinski definition) is 3. The summed E-state index contributed by atoms with van der Waals surface area (Å²) in [5.41, 5.74) is 6.77. The highest BCUT2D eigenvalue weighted by Crippen LogP contribution is 2.06. The van der Waals surface area contributed by atoms with Crippen LogP contribution in [0.1, 0.15) is 25.8 Å². The summed E-state index contributed by atoms with van der Waals surface area (Å²) in [6.45, 7) is 4.07. The highest BCUT2D eigenvalue weighted by atomic mass is 16.2. The Bertz CT molecular complexity index is 498. The second-order valence-electron chi connectivity index (χ2n) is 5.18. The van der Waals surface area contributed by atoms with E-state index in [4.69, 9.17) is 5.73 Å². The lowest BCUT2D eigenvalue weighted by atomic mass is 10.0. The molecule has 0 heterocycles. The first-order valence-electron chi connectivity index (χ1n) is 7.58. The number of nitrogens with two attached hydrogens (primary N) is 1. The first kappa shape index (κ1) is 17.9. The Morgan fingerprint density at radius 2 is 1.95 bits per heavy atom. The molecular weight excluding hydrogens is 278 g/mol. The van der Waals surface area contributed by atoms with E-state index in [1.807, 2.05) is 37.3 Å². The summed E-state index contributed by atoms with van der Waals surface area (Å²) in [4.78, 5) is 23.3. The molecule has 1 rings (SSSR count). The topological polar surface area (TPSA) is 84.2 Å². The Hall–Kier alpha value is -2.14. The second kappa shape index (κ2) is 9.73. The summed E-state index contributed by atoms with van der Waals surface area (Å²) in [5, 5.41) is 5.54. The number of aryl methyl sites for hydroxylation is 1. The van der Waals surface area contributed by atoms with Gasteiger partial charge >= 0.3 is 0 Å². The van der Waals surface area contributed by atoms with Gasteiger partial charge in [0.1, 0.15) is 0 Å². The van der Waals surface area contributed by atoms with Gasteiger partial charge in [0.2, 0.25) is 11.8 Å².